The fraction of sp³-hybridized carbons (Fsp3) is 0.909. The maximum atomic E-state index is 11.6. The molecule has 0 amide bonds. The quantitative estimate of drug-likeness (QED) is 0.611. The third kappa shape index (κ3) is 2.98. The molecule has 0 aliphatic heterocycles. The molecule has 0 aromatic heterocycles. The van der Waals surface area contributed by atoms with Crippen LogP contribution in [0, 0.1) is 0 Å². The molecule has 0 saturated heterocycles. The summed E-state index contributed by atoms with van der Waals surface area (Å²) in [7, 11) is 2.04. The SMILES string of the molecule is CCCC(C(=O)OCC)N(C)C1CC1. The fourth-order valence-electron chi connectivity index (χ4n) is 1.74. The maximum Gasteiger partial charge on any atom is 0.323 e. The van der Waals surface area contributed by atoms with Gasteiger partial charge in [-0.25, -0.2) is 0 Å². The van der Waals surface area contributed by atoms with Crippen molar-refractivity contribution in [3.63, 3.8) is 0 Å². The molecule has 0 N–H and O–H groups in total. The molecule has 1 saturated carbocycles. The smallest absolute Gasteiger partial charge is 0.323 e. The Morgan fingerprint density at radius 2 is 2.14 bits per heavy atom. The molecule has 0 heterocycles. The fourth-order valence-corrected chi connectivity index (χ4v) is 1.74. The molecule has 0 aromatic carbocycles. The largest absolute Gasteiger partial charge is 0.465 e. The lowest BCUT2D eigenvalue weighted by atomic mass is 10.1. The highest BCUT2D eigenvalue weighted by atomic mass is 16.5. The van der Waals surface area contributed by atoms with E-state index in [0.717, 1.165) is 12.8 Å². The van der Waals surface area contributed by atoms with Gasteiger partial charge in [-0.15, -0.1) is 0 Å². The molecule has 1 rings (SSSR count). The van der Waals surface area contributed by atoms with Gasteiger partial charge in [-0.05, 0) is 33.2 Å². The summed E-state index contributed by atoms with van der Waals surface area (Å²) >= 11 is 0. The zero-order valence-electron chi connectivity index (χ0n) is 9.45. The van der Waals surface area contributed by atoms with Crippen LogP contribution in [0.1, 0.15) is 39.5 Å². The summed E-state index contributed by atoms with van der Waals surface area (Å²) in [5, 5.41) is 0. The predicted octanol–water partition coefficient (Wildman–Crippen LogP) is 1.81. The highest BCUT2D eigenvalue weighted by molar-refractivity contribution is 5.75. The molecule has 1 unspecified atom stereocenters. The van der Waals surface area contributed by atoms with Gasteiger partial charge < -0.3 is 4.74 Å². The lowest BCUT2D eigenvalue weighted by Gasteiger charge is -2.25. The van der Waals surface area contributed by atoms with Crippen LogP contribution in [0.4, 0.5) is 0 Å². The lowest BCUT2D eigenvalue weighted by Crippen LogP contribution is -2.40. The molecule has 1 atom stereocenters. The minimum Gasteiger partial charge on any atom is -0.465 e. The molecule has 0 bridgehead atoms. The van der Waals surface area contributed by atoms with Gasteiger partial charge in [-0.2, -0.15) is 0 Å². The van der Waals surface area contributed by atoms with Crippen LogP contribution in [0.2, 0.25) is 0 Å². The number of nitrogens with zero attached hydrogens (tertiary/aromatic N) is 1. The second kappa shape index (κ2) is 5.35. The molecule has 0 radical (unpaired) electrons. The average Bonchev–Trinajstić information content (AvgIpc) is 2.96. The van der Waals surface area contributed by atoms with Crippen molar-refractivity contribution in [2.45, 2.75) is 51.6 Å². The Hall–Kier alpha value is -0.570. The van der Waals surface area contributed by atoms with Crippen molar-refractivity contribution in [2.75, 3.05) is 13.7 Å². The summed E-state index contributed by atoms with van der Waals surface area (Å²) in [6.07, 6.45) is 4.40. The van der Waals surface area contributed by atoms with Crippen LogP contribution in [0.5, 0.6) is 0 Å². The topological polar surface area (TPSA) is 29.5 Å². The number of rotatable bonds is 6. The molecule has 1 aliphatic carbocycles. The van der Waals surface area contributed by atoms with Gasteiger partial charge in [0.25, 0.3) is 0 Å². The van der Waals surface area contributed by atoms with E-state index in [1.165, 1.54) is 12.8 Å². The third-order valence-corrected chi connectivity index (χ3v) is 2.74. The van der Waals surface area contributed by atoms with E-state index < -0.39 is 0 Å². The molecule has 3 heteroatoms. The first kappa shape index (κ1) is 11.5. The van der Waals surface area contributed by atoms with Crippen molar-refractivity contribution in [1.82, 2.24) is 4.90 Å². The summed E-state index contributed by atoms with van der Waals surface area (Å²) in [6.45, 7) is 4.45. The van der Waals surface area contributed by atoms with E-state index in [4.69, 9.17) is 4.74 Å². The molecule has 82 valence electrons. The van der Waals surface area contributed by atoms with Gasteiger partial charge in [-0.1, -0.05) is 13.3 Å². The standard InChI is InChI=1S/C11H21NO2/c1-4-6-10(11(13)14-5-2)12(3)9-7-8-9/h9-10H,4-8H2,1-3H3. The Balaban J connectivity index is 2.47. The Morgan fingerprint density at radius 1 is 1.50 bits per heavy atom. The first-order chi connectivity index (χ1) is 6.70. The number of carbonyl (C=O) groups is 1. The van der Waals surface area contributed by atoms with Crippen molar-refractivity contribution in [3.05, 3.63) is 0 Å². The van der Waals surface area contributed by atoms with E-state index in [1.54, 1.807) is 0 Å². The van der Waals surface area contributed by atoms with Gasteiger partial charge in [0.05, 0.1) is 6.61 Å². The highest BCUT2D eigenvalue weighted by Gasteiger charge is 2.34. The number of carbonyl (C=O) groups excluding carboxylic acids is 1. The number of hydrogen-bond acceptors (Lipinski definition) is 3. The Kier molecular flexibility index (Phi) is 4.39. The van der Waals surface area contributed by atoms with Gasteiger partial charge >= 0.3 is 5.97 Å². The average molecular weight is 199 g/mol. The van der Waals surface area contributed by atoms with Crippen LogP contribution in [0.25, 0.3) is 0 Å². The summed E-state index contributed by atoms with van der Waals surface area (Å²) in [5.41, 5.74) is 0. The molecule has 1 fully saturated rings. The van der Waals surface area contributed by atoms with Crippen molar-refractivity contribution >= 4 is 5.97 Å². The van der Waals surface area contributed by atoms with E-state index in [0.29, 0.717) is 12.6 Å². The van der Waals surface area contributed by atoms with Crippen molar-refractivity contribution in [3.8, 4) is 0 Å². The van der Waals surface area contributed by atoms with E-state index in [-0.39, 0.29) is 12.0 Å². The van der Waals surface area contributed by atoms with Gasteiger partial charge in [0, 0.05) is 6.04 Å². The maximum absolute atomic E-state index is 11.6. The van der Waals surface area contributed by atoms with Crippen LogP contribution < -0.4 is 0 Å². The van der Waals surface area contributed by atoms with Gasteiger partial charge in [0.15, 0.2) is 0 Å². The number of esters is 1. The highest BCUT2D eigenvalue weighted by Crippen LogP contribution is 2.28. The second-order valence-corrected chi connectivity index (χ2v) is 3.95. The molecule has 1 aliphatic rings. The first-order valence-electron chi connectivity index (χ1n) is 5.59. The van der Waals surface area contributed by atoms with Gasteiger partial charge in [-0.3, -0.25) is 9.69 Å². The molecule has 0 aromatic rings. The van der Waals surface area contributed by atoms with E-state index in [1.807, 2.05) is 14.0 Å². The predicted molar refractivity (Wildman–Crippen MR) is 56.1 cm³/mol. The van der Waals surface area contributed by atoms with E-state index in [2.05, 4.69) is 11.8 Å². The summed E-state index contributed by atoms with van der Waals surface area (Å²) in [5.74, 6) is -0.0521. The summed E-state index contributed by atoms with van der Waals surface area (Å²) in [6, 6.07) is 0.600. The third-order valence-electron chi connectivity index (χ3n) is 2.74. The minimum absolute atomic E-state index is 0.0209. The zero-order valence-corrected chi connectivity index (χ0v) is 9.45. The van der Waals surface area contributed by atoms with Crippen LogP contribution >= 0.6 is 0 Å². The van der Waals surface area contributed by atoms with Crippen molar-refractivity contribution in [2.24, 2.45) is 0 Å². The van der Waals surface area contributed by atoms with E-state index in [9.17, 15) is 4.79 Å². The number of likely N-dealkylation sites (N-methyl/N-ethyl adjacent to an activating group) is 1. The minimum atomic E-state index is -0.0521. The van der Waals surface area contributed by atoms with Gasteiger partial charge in [0.2, 0.25) is 0 Å². The van der Waals surface area contributed by atoms with Crippen LogP contribution in [-0.4, -0.2) is 36.6 Å². The normalized spacial score (nSPS) is 18.3. The molecule has 14 heavy (non-hydrogen) atoms. The number of hydrogen-bond donors (Lipinski definition) is 0. The Bertz CT molecular complexity index is 190. The van der Waals surface area contributed by atoms with Crippen LogP contribution in [0.3, 0.4) is 0 Å². The first-order valence-corrected chi connectivity index (χ1v) is 5.59. The van der Waals surface area contributed by atoms with E-state index >= 15 is 0 Å². The zero-order chi connectivity index (χ0) is 10.6. The lowest BCUT2D eigenvalue weighted by molar-refractivity contribution is -0.149. The van der Waals surface area contributed by atoms with Crippen LogP contribution in [0.15, 0.2) is 0 Å². The monoisotopic (exact) mass is 199 g/mol. The van der Waals surface area contributed by atoms with Crippen LogP contribution in [-0.2, 0) is 9.53 Å². The molecule has 3 nitrogen and oxygen atoms in total. The summed E-state index contributed by atoms with van der Waals surface area (Å²) < 4.78 is 5.08. The Labute approximate surface area is 86.4 Å². The number of ether oxygens (including phenoxy) is 1. The molecular weight excluding hydrogens is 178 g/mol. The van der Waals surface area contributed by atoms with Crippen molar-refractivity contribution in [1.29, 1.82) is 0 Å². The van der Waals surface area contributed by atoms with Gasteiger partial charge in [0.1, 0.15) is 6.04 Å². The molecule has 0 spiro atoms. The second-order valence-electron chi connectivity index (χ2n) is 3.95. The summed E-state index contributed by atoms with van der Waals surface area (Å²) in [4.78, 5) is 13.8. The Morgan fingerprint density at radius 3 is 2.57 bits per heavy atom. The molecular formula is C11H21NO2. The van der Waals surface area contributed by atoms with Crippen molar-refractivity contribution < 1.29 is 9.53 Å².